The normalized spacial score (nSPS) is 31.8. The SMILES string of the molecule is CCCC1(C(=O)N2CCC(C)(CN)C2)CC1. The van der Waals surface area contributed by atoms with E-state index in [0.29, 0.717) is 12.5 Å². The molecule has 2 fully saturated rings. The molecule has 1 atom stereocenters. The summed E-state index contributed by atoms with van der Waals surface area (Å²) in [4.78, 5) is 14.5. The molecule has 1 aliphatic carbocycles. The van der Waals surface area contributed by atoms with Gasteiger partial charge in [0.1, 0.15) is 0 Å². The second-order valence-corrected chi connectivity index (χ2v) is 6.02. The first-order valence-electron chi connectivity index (χ1n) is 6.55. The Kier molecular flexibility index (Phi) is 2.99. The predicted molar refractivity (Wildman–Crippen MR) is 64.9 cm³/mol. The first-order valence-corrected chi connectivity index (χ1v) is 6.55. The van der Waals surface area contributed by atoms with Gasteiger partial charge in [0, 0.05) is 18.5 Å². The molecule has 1 heterocycles. The molecule has 3 nitrogen and oxygen atoms in total. The molecule has 3 heteroatoms. The van der Waals surface area contributed by atoms with E-state index in [4.69, 9.17) is 5.73 Å². The zero-order valence-corrected chi connectivity index (χ0v) is 10.6. The third-order valence-electron chi connectivity index (χ3n) is 4.37. The minimum atomic E-state index is 0.0363. The van der Waals surface area contributed by atoms with Gasteiger partial charge < -0.3 is 10.6 Å². The van der Waals surface area contributed by atoms with E-state index >= 15 is 0 Å². The highest BCUT2D eigenvalue weighted by Crippen LogP contribution is 2.51. The van der Waals surface area contributed by atoms with E-state index in [-0.39, 0.29) is 10.8 Å². The maximum atomic E-state index is 12.4. The Balaban J connectivity index is 1.97. The Bertz CT molecular complexity index is 286. The fourth-order valence-electron chi connectivity index (χ4n) is 2.90. The summed E-state index contributed by atoms with van der Waals surface area (Å²) in [5.41, 5.74) is 5.98. The summed E-state index contributed by atoms with van der Waals surface area (Å²) in [5.74, 6) is 0.409. The highest BCUT2D eigenvalue weighted by molar-refractivity contribution is 5.85. The van der Waals surface area contributed by atoms with Crippen LogP contribution in [-0.2, 0) is 4.79 Å². The van der Waals surface area contributed by atoms with Gasteiger partial charge in [-0.25, -0.2) is 0 Å². The van der Waals surface area contributed by atoms with E-state index in [1.54, 1.807) is 0 Å². The number of carbonyl (C=O) groups is 1. The molecule has 92 valence electrons. The molecule has 0 aromatic heterocycles. The average molecular weight is 224 g/mol. The van der Waals surface area contributed by atoms with E-state index in [9.17, 15) is 4.79 Å². The summed E-state index contributed by atoms with van der Waals surface area (Å²) in [7, 11) is 0. The lowest BCUT2D eigenvalue weighted by molar-refractivity contribution is -0.136. The third kappa shape index (κ3) is 1.97. The fraction of sp³-hybridized carbons (Fsp3) is 0.923. The largest absolute Gasteiger partial charge is 0.342 e. The smallest absolute Gasteiger partial charge is 0.228 e. The lowest BCUT2D eigenvalue weighted by Gasteiger charge is -2.25. The van der Waals surface area contributed by atoms with Crippen molar-refractivity contribution in [3.05, 3.63) is 0 Å². The van der Waals surface area contributed by atoms with Gasteiger partial charge in [-0.15, -0.1) is 0 Å². The summed E-state index contributed by atoms with van der Waals surface area (Å²) in [5, 5.41) is 0. The molecular formula is C13H24N2O. The van der Waals surface area contributed by atoms with Crippen LogP contribution in [-0.4, -0.2) is 30.4 Å². The van der Waals surface area contributed by atoms with Gasteiger partial charge in [0.05, 0.1) is 0 Å². The van der Waals surface area contributed by atoms with E-state index in [2.05, 4.69) is 18.7 Å². The summed E-state index contributed by atoms with van der Waals surface area (Å²) < 4.78 is 0. The zero-order chi connectivity index (χ0) is 11.8. The van der Waals surface area contributed by atoms with Crippen LogP contribution in [0.25, 0.3) is 0 Å². The highest BCUT2D eigenvalue weighted by Gasteiger charge is 2.52. The monoisotopic (exact) mass is 224 g/mol. The molecule has 1 saturated carbocycles. The second-order valence-electron chi connectivity index (χ2n) is 6.02. The maximum absolute atomic E-state index is 12.4. The van der Waals surface area contributed by atoms with E-state index in [0.717, 1.165) is 45.2 Å². The van der Waals surface area contributed by atoms with Gasteiger partial charge in [-0.2, -0.15) is 0 Å². The van der Waals surface area contributed by atoms with Crippen LogP contribution in [0.3, 0.4) is 0 Å². The molecule has 1 saturated heterocycles. The van der Waals surface area contributed by atoms with Crippen molar-refractivity contribution in [2.45, 2.75) is 46.0 Å². The van der Waals surface area contributed by atoms with Crippen LogP contribution in [0.1, 0.15) is 46.0 Å². The second kappa shape index (κ2) is 4.02. The van der Waals surface area contributed by atoms with Crippen LogP contribution in [0.15, 0.2) is 0 Å². The van der Waals surface area contributed by atoms with Crippen molar-refractivity contribution < 1.29 is 4.79 Å². The highest BCUT2D eigenvalue weighted by atomic mass is 16.2. The number of likely N-dealkylation sites (tertiary alicyclic amines) is 1. The number of nitrogens with zero attached hydrogens (tertiary/aromatic N) is 1. The minimum Gasteiger partial charge on any atom is -0.342 e. The Morgan fingerprint density at radius 2 is 2.06 bits per heavy atom. The maximum Gasteiger partial charge on any atom is 0.228 e. The molecule has 2 N–H and O–H groups in total. The molecule has 1 amide bonds. The Hall–Kier alpha value is -0.570. The lowest BCUT2D eigenvalue weighted by Crippen LogP contribution is -2.38. The molecule has 0 aromatic rings. The van der Waals surface area contributed by atoms with E-state index in [1.807, 2.05) is 0 Å². The van der Waals surface area contributed by atoms with Gasteiger partial charge >= 0.3 is 0 Å². The number of nitrogens with two attached hydrogens (primary N) is 1. The van der Waals surface area contributed by atoms with Crippen molar-refractivity contribution in [2.24, 2.45) is 16.6 Å². The van der Waals surface area contributed by atoms with Crippen molar-refractivity contribution in [1.29, 1.82) is 0 Å². The van der Waals surface area contributed by atoms with Crippen molar-refractivity contribution in [1.82, 2.24) is 4.90 Å². The topological polar surface area (TPSA) is 46.3 Å². The predicted octanol–water partition coefficient (Wildman–Crippen LogP) is 1.76. The molecule has 1 unspecified atom stereocenters. The van der Waals surface area contributed by atoms with Crippen molar-refractivity contribution >= 4 is 5.91 Å². The van der Waals surface area contributed by atoms with Crippen molar-refractivity contribution in [2.75, 3.05) is 19.6 Å². The quantitative estimate of drug-likeness (QED) is 0.791. The standard InChI is InChI=1S/C13H24N2O/c1-3-4-13(5-6-13)11(16)15-8-7-12(2,9-14)10-15/h3-10,14H2,1-2H3. The van der Waals surface area contributed by atoms with Crippen molar-refractivity contribution in [3.8, 4) is 0 Å². The Morgan fingerprint density at radius 3 is 2.50 bits per heavy atom. The number of hydrogen-bond acceptors (Lipinski definition) is 2. The molecular weight excluding hydrogens is 200 g/mol. The first kappa shape index (κ1) is 11.9. The van der Waals surface area contributed by atoms with Gasteiger partial charge in [0.2, 0.25) is 5.91 Å². The summed E-state index contributed by atoms with van der Waals surface area (Å²) >= 11 is 0. The van der Waals surface area contributed by atoms with Crippen LogP contribution in [0.4, 0.5) is 0 Å². The molecule has 0 aromatic carbocycles. The summed E-state index contributed by atoms with van der Waals surface area (Å²) in [6, 6.07) is 0. The zero-order valence-electron chi connectivity index (χ0n) is 10.6. The van der Waals surface area contributed by atoms with Crippen LogP contribution in [0.2, 0.25) is 0 Å². The first-order chi connectivity index (χ1) is 7.55. The summed E-state index contributed by atoms with van der Waals surface area (Å²) in [6.07, 6.45) is 5.47. The van der Waals surface area contributed by atoms with Gasteiger partial charge in [-0.3, -0.25) is 4.79 Å². The minimum absolute atomic E-state index is 0.0363. The van der Waals surface area contributed by atoms with Gasteiger partial charge in [-0.1, -0.05) is 20.3 Å². The molecule has 1 aliphatic heterocycles. The van der Waals surface area contributed by atoms with E-state index < -0.39 is 0 Å². The summed E-state index contributed by atoms with van der Waals surface area (Å²) in [6.45, 7) is 6.84. The van der Waals surface area contributed by atoms with Crippen molar-refractivity contribution in [3.63, 3.8) is 0 Å². The Morgan fingerprint density at radius 1 is 1.38 bits per heavy atom. The number of carbonyl (C=O) groups excluding carboxylic acids is 1. The molecule has 2 rings (SSSR count). The molecule has 16 heavy (non-hydrogen) atoms. The lowest BCUT2D eigenvalue weighted by atomic mass is 9.90. The molecule has 0 radical (unpaired) electrons. The van der Waals surface area contributed by atoms with Crippen LogP contribution < -0.4 is 5.73 Å². The van der Waals surface area contributed by atoms with Gasteiger partial charge in [0.15, 0.2) is 0 Å². The average Bonchev–Trinajstić information content (AvgIpc) is 2.95. The van der Waals surface area contributed by atoms with Crippen LogP contribution >= 0.6 is 0 Å². The number of amides is 1. The third-order valence-corrected chi connectivity index (χ3v) is 4.37. The van der Waals surface area contributed by atoms with E-state index in [1.165, 1.54) is 0 Å². The van der Waals surface area contributed by atoms with Crippen LogP contribution in [0, 0.1) is 10.8 Å². The molecule has 0 bridgehead atoms. The fourth-order valence-corrected chi connectivity index (χ4v) is 2.90. The number of rotatable bonds is 4. The number of hydrogen-bond donors (Lipinski definition) is 1. The molecule has 2 aliphatic rings. The molecule has 0 spiro atoms. The Labute approximate surface area is 98.4 Å². The van der Waals surface area contributed by atoms with Gasteiger partial charge in [0.25, 0.3) is 0 Å². The van der Waals surface area contributed by atoms with Crippen LogP contribution in [0.5, 0.6) is 0 Å². The van der Waals surface area contributed by atoms with Gasteiger partial charge in [-0.05, 0) is 37.6 Å².